The van der Waals surface area contributed by atoms with E-state index in [4.69, 9.17) is 0 Å². The van der Waals surface area contributed by atoms with Crippen LogP contribution in [-0.2, 0) is 10.8 Å². The number of hydrogen-bond donors (Lipinski definition) is 2. The molecule has 6 rings (SSSR count). The van der Waals surface area contributed by atoms with Gasteiger partial charge in [0.25, 0.3) is 0 Å². The van der Waals surface area contributed by atoms with Crippen LogP contribution in [0.1, 0.15) is 24.0 Å². The molecule has 134 valence electrons. The first-order chi connectivity index (χ1) is 12.7. The molecule has 4 heterocycles. The molecule has 2 fully saturated rings. The van der Waals surface area contributed by atoms with E-state index in [1.807, 2.05) is 0 Å². The standard InChI is InChI=1S/C22H26N4/c1-25-13-11-22-16-8-4-5-9-17(16)23-19(25)21(22)12-14-26(2)20(22)24-18-10-6-3-7-15(18)21/h3-10,19-20,23-24H,11-14H2,1-2H3/t19?,20?,21-,22?/m1/s1. The summed E-state index contributed by atoms with van der Waals surface area (Å²) in [6.07, 6.45) is 3.06. The van der Waals surface area contributed by atoms with Crippen molar-refractivity contribution < 1.29 is 0 Å². The van der Waals surface area contributed by atoms with E-state index < -0.39 is 0 Å². The van der Waals surface area contributed by atoms with Crippen molar-refractivity contribution in [3.8, 4) is 0 Å². The molecule has 26 heavy (non-hydrogen) atoms. The first-order valence-corrected chi connectivity index (χ1v) is 9.81. The van der Waals surface area contributed by atoms with Crippen molar-refractivity contribution in [1.29, 1.82) is 0 Å². The number of piperidine rings is 2. The maximum atomic E-state index is 3.95. The van der Waals surface area contributed by atoms with Crippen LogP contribution in [-0.4, -0.2) is 49.3 Å². The van der Waals surface area contributed by atoms with E-state index in [-0.39, 0.29) is 10.8 Å². The van der Waals surface area contributed by atoms with E-state index in [0.717, 1.165) is 13.1 Å². The molecule has 2 saturated heterocycles. The van der Waals surface area contributed by atoms with Gasteiger partial charge in [0.05, 0.1) is 12.3 Å². The van der Waals surface area contributed by atoms with Crippen molar-refractivity contribution in [1.82, 2.24) is 9.80 Å². The van der Waals surface area contributed by atoms with Crippen molar-refractivity contribution >= 4 is 11.4 Å². The summed E-state index contributed by atoms with van der Waals surface area (Å²) < 4.78 is 0. The fourth-order valence-corrected chi connectivity index (χ4v) is 6.73. The molecule has 0 saturated carbocycles. The molecule has 4 aliphatic rings. The Morgan fingerprint density at radius 2 is 1.15 bits per heavy atom. The van der Waals surface area contributed by atoms with E-state index in [9.17, 15) is 0 Å². The zero-order valence-corrected chi connectivity index (χ0v) is 15.5. The zero-order valence-electron chi connectivity index (χ0n) is 15.5. The third-order valence-electron chi connectivity index (χ3n) is 7.73. The van der Waals surface area contributed by atoms with Gasteiger partial charge in [-0.1, -0.05) is 36.4 Å². The molecule has 0 amide bonds. The second kappa shape index (κ2) is 4.81. The molecule has 4 heteroatoms. The number of nitrogens with zero attached hydrogens (tertiary/aromatic N) is 2. The Labute approximate surface area is 155 Å². The molecule has 0 radical (unpaired) electrons. The van der Waals surface area contributed by atoms with Crippen molar-refractivity contribution in [2.75, 3.05) is 37.8 Å². The van der Waals surface area contributed by atoms with Crippen molar-refractivity contribution in [3.63, 3.8) is 0 Å². The van der Waals surface area contributed by atoms with Crippen LogP contribution in [0, 0.1) is 0 Å². The Bertz CT molecular complexity index is 822. The van der Waals surface area contributed by atoms with Gasteiger partial charge in [-0.05, 0) is 50.2 Å². The number of rotatable bonds is 0. The number of hydrogen-bond acceptors (Lipinski definition) is 4. The van der Waals surface area contributed by atoms with Gasteiger partial charge in [0.2, 0.25) is 0 Å². The molecule has 2 N–H and O–H groups in total. The summed E-state index contributed by atoms with van der Waals surface area (Å²) >= 11 is 0. The first kappa shape index (κ1) is 15.1. The smallest absolute Gasteiger partial charge is 0.0901 e. The monoisotopic (exact) mass is 346 g/mol. The highest BCUT2D eigenvalue weighted by Crippen LogP contribution is 2.65. The van der Waals surface area contributed by atoms with E-state index in [1.165, 1.54) is 35.3 Å². The van der Waals surface area contributed by atoms with Crippen LogP contribution in [0.4, 0.5) is 11.4 Å². The summed E-state index contributed by atoms with van der Waals surface area (Å²) in [5, 5.41) is 7.91. The molecule has 2 aromatic carbocycles. The van der Waals surface area contributed by atoms with Crippen LogP contribution in [0.25, 0.3) is 0 Å². The summed E-state index contributed by atoms with van der Waals surface area (Å²) in [6, 6.07) is 18.1. The van der Waals surface area contributed by atoms with E-state index in [1.54, 1.807) is 0 Å². The normalized spacial score (nSPS) is 37.6. The van der Waals surface area contributed by atoms with Crippen LogP contribution >= 0.6 is 0 Å². The van der Waals surface area contributed by atoms with E-state index in [0.29, 0.717) is 12.3 Å². The summed E-state index contributed by atoms with van der Waals surface area (Å²) in [6.45, 7) is 2.25. The number of nitrogens with one attached hydrogen (secondary N) is 2. The lowest BCUT2D eigenvalue weighted by molar-refractivity contribution is -0.0691. The molecule has 2 aromatic rings. The maximum Gasteiger partial charge on any atom is 0.0901 e. The summed E-state index contributed by atoms with van der Waals surface area (Å²) in [5.74, 6) is 0. The molecule has 4 aliphatic heterocycles. The second-order valence-corrected chi connectivity index (χ2v) is 8.59. The van der Waals surface area contributed by atoms with Gasteiger partial charge in [-0.25, -0.2) is 0 Å². The fourth-order valence-electron chi connectivity index (χ4n) is 6.73. The van der Waals surface area contributed by atoms with E-state index in [2.05, 4.69) is 83.1 Å². The van der Waals surface area contributed by atoms with Crippen LogP contribution in [0.2, 0.25) is 0 Å². The maximum absolute atomic E-state index is 3.95. The average molecular weight is 346 g/mol. The molecular weight excluding hydrogens is 320 g/mol. The SMILES string of the molecule is CN1CC[C@]23c4ccccc4NC1C21CCN(C)C3Nc2ccccc21. The van der Waals surface area contributed by atoms with Crippen molar-refractivity contribution in [3.05, 3.63) is 59.7 Å². The Morgan fingerprint density at radius 3 is 1.62 bits per heavy atom. The Kier molecular flexibility index (Phi) is 2.79. The second-order valence-electron chi connectivity index (χ2n) is 8.59. The lowest BCUT2D eigenvalue weighted by atomic mass is 9.45. The molecule has 4 bridgehead atoms. The zero-order chi connectivity index (χ0) is 17.5. The molecule has 4 atom stereocenters. The number of para-hydroxylation sites is 2. The summed E-state index contributed by atoms with van der Waals surface area (Å²) in [5.41, 5.74) is 5.86. The van der Waals surface area contributed by atoms with Crippen molar-refractivity contribution in [2.24, 2.45) is 0 Å². The molecule has 4 nitrogen and oxygen atoms in total. The van der Waals surface area contributed by atoms with Crippen LogP contribution in [0.15, 0.2) is 48.5 Å². The quantitative estimate of drug-likeness (QED) is 0.768. The molecule has 0 spiro atoms. The molecule has 3 unspecified atom stereocenters. The topological polar surface area (TPSA) is 30.5 Å². The number of benzene rings is 2. The predicted octanol–water partition coefficient (Wildman–Crippen LogP) is 3.04. The van der Waals surface area contributed by atoms with Crippen LogP contribution < -0.4 is 10.6 Å². The molecular formula is C22H26N4. The Balaban J connectivity index is 1.75. The van der Waals surface area contributed by atoms with Gasteiger partial charge in [0.1, 0.15) is 0 Å². The van der Waals surface area contributed by atoms with Gasteiger partial charge in [0, 0.05) is 35.3 Å². The van der Waals surface area contributed by atoms with Gasteiger partial charge < -0.3 is 10.6 Å². The van der Waals surface area contributed by atoms with Gasteiger partial charge >= 0.3 is 0 Å². The fraction of sp³-hybridized carbons (Fsp3) is 0.455. The Hall–Kier alpha value is -2.04. The molecule has 0 aliphatic carbocycles. The summed E-state index contributed by atoms with van der Waals surface area (Å²) in [4.78, 5) is 5.11. The number of likely N-dealkylation sites (tertiary alicyclic amines) is 2. The lowest BCUT2D eigenvalue weighted by Gasteiger charge is -2.71. The highest BCUT2D eigenvalue weighted by Gasteiger charge is 2.70. The minimum atomic E-state index is 0.105. The van der Waals surface area contributed by atoms with Crippen LogP contribution in [0.5, 0.6) is 0 Å². The third-order valence-corrected chi connectivity index (χ3v) is 7.73. The Morgan fingerprint density at radius 1 is 0.731 bits per heavy atom. The highest BCUT2D eigenvalue weighted by atomic mass is 15.4. The van der Waals surface area contributed by atoms with Gasteiger partial charge in [-0.15, -0.1) is 0 Å². The minimum Gasteiger partial charge on any atom is -0.369 e. The first-order valence-electron chi connectivity index (χ1n) is 9.81. The average Bonchev–Trinajstić information content (AvgIpc) is 2.67. The number of fused-ring (bicyclic) bond motifs is 2. The highest BCUT2D eigenvalue weighted by molar-refractivity contribution is 5.72. The van der Waals surface area contributed by atoms with Gasteiger partial charge in [0.15, 0.2) is 0 Å². The van der Waals surface area contributed by atoms with Crippen LogP contribution in [0.3, 0.4) is 0 Å². The third kappa shape index (κ3) is 1.47. The lowest BCUT2D eigenvalue weighted by Crippen LogP contribution is -2.80. The number of likely N-dealkylation sites (N-methyl/N-ethyl adjacent to an activating group) is 2. The molecule has 0 aromatic heterocycles. The summed E-state index contributed by atoms with van der Waals surface area (Å²) in [7, 11) is 4.59. The van der Waals surface area contributed by atoms with Gasteiger partial charge in [-0.2, -0.15) is 0 Å². The minimum absolute atomic E-state index is 0.105. The van der Waals surface area contributed by atoms with Gasteiger partial charge in [-0.3, -0.25) is 9.80 Å². The number of anilines is 2. The van der Waals surface area contributed by atoms with E-state index >= 15 is 0 Å². The largest absolute Gasteiger partial charge is 0.369 e. The predicted molar refractivity (Wildman–Crippen MR) is 106 cm³/mol. The van der Waals surface area contributed by atoms with Crippen molar-refractivity contribution in [2.45, 2.75) is 36.0 Å².